The number of nitrogens with zero attached hydrogens (tertiary/aromatic N) is 2. The van der Waals surface area contributed by atoms with E-state index in [2.05, 4.69) is 63.7 Å². The lowest BCUT2D eigenvalue weighted by atomic mass is 9.81. The number of aryl methyl sites for hydroxylation is 1. The molecule has 0 spiro atoms. The second-order valence-corrected chi connectivity index (χ2v) is 15.0. The van der Waals surface area contributed by atoms with E-state index in [0.29, 0.717) is 10.8 Å². The first-order valence-corrected chi connectivity index (χ1v) is 20.8. The highest BCUT2D eigenvalue weighted by Crippen LogP contribution is 2.35. The predicted molar refractivity (Wildman–Crippen MR) is 212 cm³/mol. The molecule has 2 atom stereocenters. The third-order valence-electron chi connectivity index (χ3n) is 11.1. The van der Waals surface area contributed by atoms with E-state index in [0.717, 1.165) is 67.2 Å². The van der Waals surface area contributed by atoms with Crippen molar-refractivity contribution in [3.05, 3.63) is 69.1 Å². The monoisotopic (exact) mass is 673 g/mol. The van der Waals surface area contributed by atoms with Gasteiger partial charge in [0.25, 0.3) is 5.56 Å². The minimum Gasteiger partial charge on any atom is -0.351 e. The lowest BCUT2D eigenvalue weighted by Gasteiger charge is -2.25. The summed E-state index contributed by atoms with van der Waals surface area (Å²) in [5.41, 5.74) is 4.96. The zero-order chi connectivity index (χ0) is 35.3. The molecule has 3 rings (SSSR count). The number of aromatic nitrogens is 2. The Hall–Kier alpha value is -2.62. The second-order valence-electron chi connectivity index (χ2n) is 15.0. The van der Waals surface area contributed by atoms with Crippen LogP contribution in [0.2, 0.25) is 0 Å². The van der Waals surface area contributed by atoms with Gasteiger partial charge >= 0.3 is 0 Å². The van der Waals surface area contributed by atoms with E-state index in [-0.39, 0.29) is 17.4 Å². The van der Waals surface area contributed by atoms with E-state index in [1.807, 2.05) is 16.7 Å². The van der Waals surface area contributed by atoms with Crippen molar-refractivity contribution < 1.29 is 4.79 Å². The average molecular weight is 673 g/mol. The second kappa shape index (κ2) is 23.7. The van der Waals surface area contributed by atoms with Crippen molar-refractivity contribution >= 4 is 17.4 Å². The molecule has 0 N–H and O–H groups in total. The van der Waals surface area contributed by atoms with Gasteiger partial charge in [-0.3, -0.25) is 14.0 Å². The molecule has 0 fully saturated rings. The standard InChI is InChI=1S/C45H72N2O2/c1-6-10-14-18-20-24-29-37(28-22-16-12-8-3)42-39(36-48)44(45(49)47-35-27-33-41(42)47)43(40-32-26-34-46(40)5)38(30-23-17-13-9-4)31-25-21-19-15-11-7-2/h26-27,32-38H,6-25,28-31H2,1-5H3/b44-43+. The van der Waals surface area contributed by atoms with Gasteiger partial charge in [0.05, 0.1) is 10.7 Å². The summed E-state index contributed by atoms with van der Waals surface area (Å²) in [4.78, 5) is 28.3. The van der Waals surface area contributed by atoms with Crippen LogP contribution in [0.1, 0.15) is 209 Å². The minimum atomic E-state index is -0.0205. The van der Waals surface area contributed by atoms with Crippen LogP contribution < -0.4 is 10.8 Å². The van der Waals surface area contributed by atoms with Gasteiger partial charge in [0.1, 0.15) is 0 Å². The molecule has 0 bridgehead atoms. The summed E-state index contributed by atoms with van der Waals surface area (Å²) in [5.74, 6) is 0.515. The zero-order valence-corrected chi connectivity index (χ0v) is 32.4. The van der Waals surface area contributed by atoms with Crippen LogP contribution in [0.4, 0.5) is 0 Å². The molecule has 0 aliphatic rings. The molecule has 0 saturated heterocycles. The molecule has 0 aliphatic heterocycles. The smallest absolute Gasteiger partial charge is 0.263 e. The molecule has 0 amide bonds. The maximum Gasteiger partial charge on any atom is 0.263 e. The fourth-order valence-corrected chi connectivity index (χ4v) is 8.22. The number of rotatable bonds is 28. The first kappa shape index (κ1) is 40.8. The van der Waals surface area contributed by atoms with Gasteiger partial charge < -0.3 is 4.57 Å². The van der Waals surface area contributed by atoms with E-state index in [1.165, 1.54) is 116 Å². The van der Waals surface area contributed by atoms with Gasteiger partial charge in [0.15, 0.2) is 6.29 Å². The molecule has 4 nitrogen and oxygen atoms in total. The Bertz CT molecular complexity index is 1450. The van der Waals surface area contributed by atoms with Gasteiger partial charge in [0, 0.05) is 30.7 Å². The van der Waals surface area contributed by atoms with Crippen LogP contribution >= 0.6 is 0 Å². The van der Waals surface area contributed by atoms with Gasteiger partial charge in [-0.05, 0) is 72.9 Å². The average Bonchev–Trinajstić information content (AvgIpc) is 3.77. The number of hydrogen-bond donors (Lipinski definition) is 0. The zero-order valence-electron chi connectivity index (χ0n) is 32.4. The van der Waals surface area contributed by atoms with Crippen LogP contribution in [0.5, 0.6) is 0 Å². The van der Waals surface area contributed by atoms with Crippen LogP contribution in [-0.2, 0) is 7.05 Å². The fraction of sp³-hybridized carbons (Fsp3) is 0.689. The Morgan fingerprint density at radius 1 is 0.633 bits per heavy atom. The van der Waals surface area contributed by atoms with Crippen molar-refractivity contribution in [2.24, 2.45) is 13.0 Å². The summed E-state index contributed by atoms with van der Waals surface area (Å²) >= 11 is 0. The van der Waals surface area contributed by atoms with Crippen molar-refractivity contribution in [2.75, 3.05) is 0 Å². The van der Waals surface area contributed by atoms with Gasteiger partial charge in [-0.25, -0.2) is 0 Å². The number of hydrogen-bond acceptors (Lipinski definition) is 2. The molecule has 0 saturated carbocycles. The van der Waals surface area contributed by atoms with Gasteiger partial charge in [-0.2, -0.15) is 0 Å². The number of unbranched alkanes of at least 4 members (excludes halogenated alkanes) is 16. The predicted octanol–water partition coefficient (Wildman–Crippen LogP) is 12.5. The normalized spacial score (nSPS) is 13.7. The Balaban J connectivity index is 2.24. The molecule has 0 radical (unpaired) electrons. The molecular weight excluding hydrogens is 601 g/mol. The highest BCUT2D eigenvalue weighted by molar-refractivity contribution is 5.85. The number of aldehydes is 1. The lowest BCUT2D eigenvalue weighted by Crippen LogP contribution is -2.39. The van der Waals surface area contributed by atoms with Crippen LogP contribution in [0, 0.1) is 5.92 Å². The molecule has 4 heteroatoms. The van der Waals surface area contributed by atoms with Crippen molar-refractivity contribution in [3.8, 4) is 0 Å². The topological polar surface area (TPSA) is 43.5 Å². The Kier molecular flexibility index (Phi) is 19.8. The van der Waals surface area contributed by atoms with Crippen LogP contribution in [0.3, 0.4) is 0 Å². The number of carbonyl (C=O) groups is 1. The third-order valence-corrected chi connectivity index (χ3v) is 11.1. The maximum absolute atomic E-state index is 14.8. The van der Waals surface area contributed by atoms with Crippen LogP contribution in [0.15, 0.2) is 41.5 Å². The van der Waals surface area contributed by atoms with Gasteiger partial charge in [-0.15, -0.1) is 0 Å². The molecule has 274 valence electrons. The Labute approximate surface area is 300 Å². The van der Waals surface area contributed by atoms with Crippen molar-refractivity contribution in [1.82, 2.24) is 8.97 Å². The molecule has 3 aromatic heterocycles. The number of carbonyl (C=O) groups excluding carboxylic acids is 1. The van der Waals surface area contributed by atoms with E-state index in [1.54, 1.807) is 0 Å². The van der Waals surface area contributed by atoms with Crippen LogP contribution in [0.25, 0.3) is 11.1 Å². The van der Waals surface area contributed by atoms with Gasteiger partial charge in [-0.1, -0.05) is 156 Å². The Morgan fingerprint density at radius 3 is 1.59 bits per heavy atom. The summed E-state index contributed by atoms with van der Waals surface area (Å²) in [6.45, 7) is 9.09. The van der Waals surface area contributed by atoms with E-state index in [9.17, 15) is 9.59 Å². The highest BCUT2D eigenvalue weighted by Gasteiger charge is 2.27. The summed E-state index contributed by atoms with van der Waals surface area (Å²) in [7, 11) is 2.10. The van der Waals surface area contributed by atoms with E-state index in [4.69, 9.17) is 0 Å². The first-order valence-electron chi connectivity index (χ1n) is 20.8. The number of fused-ring (bicyclic) bond motifs is 1. The maximum atomic E-state index is 14.8. The fourth-order valence-electron chi connectivity index (χ4n) is 8.22. The molecule has 49 heavy (non-hydrogen) atoms. The molecule has 2 unspecified atom stereocenters. The first-order chi connectivity index (χ1) is 24.0. The summed E-state index contributed by atoms with van der Waals surface area (Å²) in [5, 5.41) is 0.684. The van der Waals surface area contributed by atoms with Crippen LogP contribution in [-0.4, -0.2) is 15.3 Å². The molecule has 3 heterocycles. The molecular formula is C45H72N2O2. The number of pyridine rings is 1. The Morgan fingerprint density at radius 2 is 1.10 bits per heavy atom. The highest BCUT2D eigenvalue weighted by atomic mass is 16.1. The van der Waals surface area contributed by atoms with Crippen molar-refractivity contribution in [1.29, 1.82) is 0 Å². The minimum absolute atomic E-state index is 0.0205. The SMILES string of the molecule is CCCCCCCCC(CCCCCC)/C(c1cccn1C)=c1/c(C=O)c(C(CCCCCC)CCCCCCCC)c2cccn2c1=O. The third kappa shape index (κ3) is 12.3. The molecule has 0 aromatic carbocycles. The molecule has 3 aromatic rings. The van der Waals surface area contributed by atoms with Crippen molar-refractivity contribution in [3.63, 3.8) is 0 Å². The summed E-state index contributed by atoms with van der Waals surface area (Å²) in [6.07, 6.45) is 34.2. The lowest BCUT2D eigenvalue weighted by molar-refractivity contribution is 0.112. The summed E-state index contributed by atoms with van der Waals surface area (Å²) in [6, 6.07) is 8.39. The van der Waals surface area contributed by atoms with E-state index < -0.39 is 0 Å². The summed E-state index contributed by atoms with van der Waals surface area (Å²) < 4.78 is 4.07. The quantitative estimate of drug-likeness (QED) is 0.0569. The molecule has 0 aliphatic carbocycles. The van der Waals surface area contributed by atoms with Gasteiger partial charge in [0.2, 0.25) is 0 Å². The van der Waals surface area contributed by atoms with E-state index >= 15 is 0 Å². The van der Waals surface area contributed by atoms with Crippen molar-refractivity contribution in [2.45, 2.75) is 188 Å². The largest absolute Gasteiger partial charge is 0.351 e.